The normalized spacial score (nSPS) is 25.3. The third-order valence-corrected chi connectivity index (χ3v) is 2.07. The summed E-state index contributed by atoms with van der Waals surface area (Å²) in [6.45, 7) is 3.74. The molecule has 46 valence electrons. The van der Waals surface area contributed by atoms with Crippen molar-refractivity contribution >= 4 is 8.46 Å². The van der Waals surface area contributed by atoms with Gasteiger partial charge in [-0.2, -0.15) is 0 Å². The molecule has 1 aliphatic carbocycles. The van der Waals surface area contributed by atoms with Gasteiger partial charge in [0.05, 0.1) is 0 Å². The summed E-state index contributed by atoms with van der Waals surface area (Å²) in [7, 11) is -0.300. The summed E-state index contributed by atoms with van der Waals surface area (Å²) in [6, 6.07) is 0. The first-order chi connectivity index (χ1) is 4.34. The minimum Gasteiger partial charge on any atom is -0.0910 e. The molecule has 9 heavy (non-hydrogen) atoms. The number of hydrogen-bond acceptors (Lipinski definition) is 1. The molecule has 0 fully saturated rings. The van der Waals surface area contributed by atoms with Crippen molar-refractivity contribution in [2.75, 3.05) is 0 Å². The Bertz CT molecular complexity index is 191. The fourth-order valence-electron chi connectivity index (χ4n) is 0.697. The Morgan fingerprint density at radius 1 is 1.56 bits per heavy atom. The van der Waals surface area contributed by atoms with Crippen LogP contribution in [-0.4, -0.2) is 5.66 Å². The maximum atomic E-state index is 10.4. The fourth-order valence-corrected chi connectivity index (χ4v) is 1.13. The molecule has 0 aliphatic heterocycles. The van der Waals surface area contributed by atoms with Crippen LogP contribution >= 0.6 is 8.46 Å². The SMILES string of the molecule is C=C1C=CC=C[C@@H]1[PH+]=O. The Morgan fingerprint density at radius 3 is 2.78 bits per heavy atom. The second kappa shape index (κ2) is 2.75. The molecule has 2 heteroatoms. The maximum absolute atomic E-state index is 10.4. The van der Waals surface area contributed by atoms with Crippen molar-refractivity contribution in [1.82, 2.24) is 0 Å². The molecule has 1 aliphatic rings. The van der Waals surface area contributed by atoms with Crippen LogP contribution in [0.1, 0.15) is 0 Å². The third-order valence-electron chi connectivity index (χ3n) is 1.25. The second-order valence-corrected chi connectivity index (χ2v) is 2.77. The van der Waals surface area contributed by atoms with E-state index in [1.807, 2.05) is 24.3 Å². The van der Waals surface area contributed by atoms with Gasteiger partial charge in [0.25, 0.3) is 0 Å². The molecule has 1 nitrogen and oxygen atoms in total. The molecule has 2 atom stereocenters. The molecular formula is C7H8OP+. The van der Waals surface area contributed by atoms with Crippen molar-refractivity contribution in [2.24, 2.45) is 0 Å². The van der Waals surface area contributed by atoms with E-state index in [1.165, 1.54) is 0 Å². The fraction of sp³-hybridized carbons (Fsp3) is 0.143. The predicted molar refractivity (Wildman–Crippen MR) is 40.2 cm³/mol. The highest BCUT2D eigenvalue weighted by atomic mass is 31.1. The summed E-state index contributed by atoms with van der Waals surface area (Å²) in [4.78, 5) is 0. The van der Waals surface area contributed by atoms with E-state index in [-0.39, 0.29) is 14.1 Å². The van der Waals surface area contributed by atoms with Gasteiger partial charge in [-0.15, -0.1) is 0 Å². The zero-order valence-corrected chi connectivity index (χ0v) is 6.00. The summed E-state index contributed by atoms with van der Waals surface area (Å²) in [5.74, 6) is 0. The lowest BCUT2D eigenvalue weighted by Crippen LogP contribution is -1.97. The summed E-state index contributed by atoms with van der Waals surface area (Å²) in [6.07, 6.45) is 7.58. The quantitative estimate of drug-likeness (QED) is 0.508. The Hall–Kier alpha value is -0.680. The molecule has 0 saturated carbocycles. The van der Waals surface area contributed by atoms with E-state index < -0.39 is 0 Å². The highest BCUT2D eigenvalue weighted by Gasteiger charge is 2.14. The summed E-state index contributed by atoms with van der Waals surface area (Å²) in [5.41, 5.74) is 1.00. The first-order valence-corrected chi connectivity index (χ1v) is 3.74. The van der Waals surface area contributed by atoms with E-state index in [2.05, 4.69) is 6.58 Å². The topological polar surface area (TPSA) is 17.1 Å². The monoisotopic (exact) mass is 139 g/mol. The Balaban J connectivity index is 2.77. The van der Waals surface area contributed by atoms with Gasteiger partial charge in [-0.25, -0.2) is 0 Å². The maximum Gasteiger partial charge on any atom is 0.336 e. The van der Waals surface area contributed by atoms with Crippen LogP contribution in [0.15, 0.2) is 36.5 Å². The minimum absolute atomic E-state index is 0.0648. The second-order valence-electron chi connectivity index (χ2n) is 1.91. The zero-order valence-electron chi connectivity index (χ0n) is 5.00. The van der Waals surface area contributed by atoms with E-state index in [9.17, 15) is 4.57 Å². The number of hydrogen-bond donors (Lipinski definition) is 0. The van der Waals surface area contributed by atoms with Crippen molar-refractivity contribution in [3.05, 3.63) is 36.5 Å². The molecule has 0 spiro atoms. The van der Waals surface area contributed by atoms with Crippen molar-refractivity contribution < 1.29 is 4.57 Å². The largest absolute Gasteiger partial charge is 0.336 e. The molecule has 0 saturated heterocycles. The lowest BCUT2D eigenvalue weighted by molar-refractivity contribution is 0.597. The van der Waals surface area contributed by atoms with Gasteiger partial charge < -0.3 is 0 Å². The lowest BCUT2D eigenvalue weighted by atomic mass is 10.1. The molecule has 0 aromatic carbocycles. The van der Waals surface area contributed by atoms with Gasteiger partial charge in [-0.3, -0.25) is 0 Å². The van der Waals surface area contributed by atoms with Gasteiger partial charge >= 0.3 is 8.46 Å². The van der Waals surface area contributed by atoms with Gasteiger partial charge in [0, 0.05) is 0 Å². The summed E-state index contributed by atoms with van der Waals surface area (Å²) >= 11 is 0. The van der Waals surface area contributed by atoms with Crippen molar-refractivity contribution in [3.63, 3.8) is 0 Å². The standard InChI is InChI=1S/C7H7OP/c1-6-4-2-3-5-7(6)9-8/h2-5,7H,1H2/p+1/t7-/m0/s1. The van der Waals surface area contributed by atoms with E-state index >= 15 is 0 Å². The van der Waals surface area contributed by atoms with E-state index in [1.54, 1.807) is 0 Å². The molecule has 0 radical (unpaired) electrons. The van der Waals surface area contributed by atoms with Gasteiger partial charge in [0.2, 0.25) is 0 Å². The van der Waals surface area contributed by atoms with E-state index in [4.69, 9.17) is 0 Å². The highest BCUT2D eigenvalue weighted by molar-refractivity contribution is 7.25. The summed E-state index contributed by atoms with van der Waals surface area (Å²) in [5, 5.41) is 0. The summed E-state index contributed by atoms with van der Waals surface area (Å²) < 4.78 is 10.4. The lowest BCUT2D eigenvalue weighted by Gasteiger charge is -1.99. The van der Waals surface area contributed by atoms with E-state index in [0.29, 0.717) is 0 Å². The van der Waals surface area contributed by atoms with Gasteiger partial charge in [0.15, 0.2) is 5.66 Å². The number of rotatable bonds is 1. The van der Waals surface area contributed by atoms with Crippen LogP contribution in [0, 0.1) is 0 Å². The first kappa shape index (κ1) is 6.44. The van der Waals surface area contributed by atoms with Crippen LogP contribution < -0.4 is 0 Å². The van der Waals surface area contributed by atoms with Gasteiger partial charge in [-0.05, 0) is 11.6 Å². The van der Waals surface area contributed by atoms with Gasteiger partial charge in [0.1, 0.15) is 0 Å². The van der Waals surface area contributed by atoms with Crippen LogP contribution in [0.3, 0.4) is 0 Å². The predicted octanol–water partition coefficient (Wildman–Crippen LogP) is 2.06. The molecule has 0 aromatic heterocycles. The van der Waals surface area contributed by atoms with Crippen LogP contribution in [-0.2, 0) is 4.57 Å². The smallest absolute Gasteiger partial charge is 0.0910 e. The molecule has 0 amide bonds. The van der Waals surface area contributed by atoms with Crippen LogP contribution in [0.5, 0.6) is 0 Å². The number of allylic oxidation sites excluding steroid dienone is 5. The molecule has 1 rings (SSSR count). The van der Waals surface area contributed by atoms with Crippen LogP contribution in [0.4, 0.5) is 0 Å². The molecule has 0 heterocycles. The van der Waals surface area contributed by atoms with Crippen molar-refractivity contribution in [2.45, 2.75) is 5.66 Å². The molecule has 0 bridgehead atoms. The van der Waals surface area contributed by atoms with Gasteiger partial charge in [-0.1, -0.05) is 29.4 Å². The van der Waals surface area contributed by atoms with Crippen LogP contribution in [0.2, 0.25) is 0 Å². The average molecular weight is 139 g/mol. The highest BCUT2D eigenvalue weighted by Crippen LogP contribution is 2.20. The third kappa shape index (κ3) is 1.36. The first-order valence-electron chi connectivity index (χ1n) is 2.76. The molecular weight excluding hydrogens is 131 g/mol. The Labute approximate surface area is 56.0 Å². The molecule has 1 unspecified atom stereocenters. The minimum atomic E-state index is -0.300. The van der Waals surface area contributed by atoms with E-state index in [0.717, 1.165) is 5.57 Å². The Morgan fingerprint density at radius 2 is 2.33 bits per heavy atom. The molecule has 0 N–H and O–H groups in total. The van der Waals surface area contributed by atoms with Crippen molar-refractivity contribution in [1.29, 1.82) is 0 Å². The average Bonchev–Trinajstić information content (AvgIpc) is 1.89. The Kier molecular flexibility index (Phi) is 1.96. The zero-order chi connectivity index (χ0) is 6.69. The van der Waals surface area contributed by atoms with Crippen molar-refractivity contribution in [3.8, 4) is 0 Å². The molecule has 0 aromatic rings. The van der Waals surface area contributed by atoms with Crippen LogP contribution in [0.25, 0.3) is 0 Å².